The number of rotatable bonds is 5. The third-order valence-electron chi connectivity index (χ3n) is 4.88. The van der Waals surface area contributed by atoms with Crippen LogP contribution in [0.4, 0.5) is 0 Å². The number of aliphatic carboxylic acids is 1. The number of carboxylic acids is 1. The lowest BCUT2D eigenvalue weighted by Gasteiger charge is -2.33. The summed E-state index contributed by atoms with van der Waals surface area (Å²) in [5.74, 6) is -0.689. The second-order valence-corrected chi connectivity index (χ2v) is 6.55. The first kappa shape index (κ1) is 18.0. The van der Waals surface area contributed by atoms with Crippen LogP contribution < -0.4 is 4.74 Å². The Kier molecular flexibility index (Phi) is 4.97. The number of carbonyl (C=O) groups is 3. The first-order chi connectivity index (χ1) is 12.4. The van der Waals surface area contributed by atoms with Gasteiger partial charge in [0.2, 0.25) is 5.91 Å². The second kappa shape index (κ2) is 7.19. The number of ether oxygens (including phenoxy) is 1. The summed E-state index contributed by atoms with van der Waals surface area (Å²) in [6, 6.07) is 4.58. The van der Waals surface area contributed by atoms with Crippen molar-refractivity contribution >= 4 is 28.6 Å². The fraction of sp³-hybridized carbons (Fsp3) is 0.421. The molecular formula is C19H22N2O5. The number of carboxylic acid groups (broad SMARTS) is 1. The van der Waals surface area contributed by atoms with Gasteiger partial charge in [-0.25, -0.2) is 4.79 Å². The zero-order valence-corrected chi connectivity index (χ0v) is 14.9. The Morgan fingerprint density at radius 1 is 1.27 bits per heavy atom. The first-order valence-corrected chi connectivity index (χ1v) is 8.62. The highest BCUT2D eigenvalue weighted by molar-refractivity contribution is 6.07. The Morgan fingerprint density at radius 3 is 2.69 bits per heavy atom. The quantitative estimate of drug-likeness (QED) is 0.829. The summed E-state index contributed by atoms with van der Waals surface area (Å²) < 4.78 is 6.93. The van der Waals surface area contributed by atoms with Crippen LogP contribution in [0.5, 0.6) is 5.75 Å². The Hall–Kier alpha value is -2.83. The number of methoxy groups -OCH3 is 1. The number of Topliss-reactive ketones (excluding diaryl/α,β-unsaturated/α-hetero) is 1. The Balaban J connectivity index is 1.94. The fourth-order valence-electron chi connectivity index (χ4n) is 3.54. The third-order valence-corrected chi connectivity index (χ3v) is 4.88. The largest absolute Gasteiger partial charge is 0.497 e. The van der Waals surface area contributed by atoms with E-state index in [-0.39, 0.29) is 18.2 Å². The van der Waals surface area contributed by atoms with Crippen LogP contribution in [-0.2, 0) is 16.1 Å². The molecule has 0 bridgehead atoms. The highest BCUT2D eigenvalue weighted by atomic mass is 16.5. The van der Waals surface area contributed by atoms with Gasteiger partial charge in [0.15, 0.2) is 5.78 Å². The number of likely N-dealkylation sites (tertiary alicyclic amines) is 1. The number of benzene rings is 1. The minimum absolute atomic E-state index is 0.000110. The molecule has 1 N–H and O–H groups in total. The summed E-state index contributed by atoms with van der Waals surface area (Å²) in [6.07, 6.45) is 3.74. The van der Waals surface area contributed by atoms with Crippen LogP contribution in [0.25, 0.3) is 10.9 Å². The van der Waals surface area contributed by atoms with Crippen molar-refractivity contribution in [3.63, 3.8) is 0 Å². The van der Waals surface area contributed by atoms with Crippen LogP contribution in [0.1, 0.15) is 36.5 Å². The van der Waals surface area contributed by atoms with Crippen molar-refractivity contribution in [2.75, 3.05) is 13.7 Å². The predicted octanol–water partition coefficient (Wildman–Crippen LogP) is 2.32. The smallest absolute Gasteiger partial charge is 0.326 e. The lowest BCUT2D eigenvalue weighted by atomic mass is 10.0. The van der Waals surface area contributed by atoms with Crippen LogP contribution in [0, 0.1) is 0 Å². The van der Waals surface area contributed by atoms with Crippen LogP contribution in [0.3, 0.4) is 0 Å². The predicted molar refractivity (Wildman–Crippen MR) is 95.5 cm³/mol. The van der Waals surface area contributed by atoms with Crippen LogP contribution in [-0.4, -0.2) is 51.9 Å². The highest BCUT2D eigenvalue weighted by Crippen LogP contribution is 2.27. The maximum Gasteiger partial charge on any atom is 0.326 e. The molecule has 1 unspecified atom stereocenters. The number of hydrogen-bond donors (Lipinski definition) is 1. The van der Waals surface area contributed by atoms with Gasteiger partial charge >= 0.3 is 5.97 Å². The molecule has 7 nitrogen and oxygen atoms in total. The van der Waals surface area contributed by atoms with Gasteiger partial charge in [-0.1, -0.05) is 0 Å². The summed E-state index contributed by atoms with van der Waals surface area (Å²) in [5, 5.41) is 10.1. The Labute approximate surface area is 151 Å². The zero-order valence-electron chi connectivity index (χ0n) is 14.9. The van der Waals surface area contributed by atoms with E-state index in [4.69, 9.17) is 4.74 Å². The van der Waals surface area contributed by atoms with Crippen molar-refractivity contribution in [1.29, 1.82) is 0 Å². The topological polar surface area (TPSA) is 88.8 Å². The van der Waals surface area contributed by atoms with E-state index < -0.39 is 12.0 Å². The molecule has 2 aromatic rings. The molecule has 1 amide bonds. The molecule has 1 saturated heterocycles. The van der Waals surface area contributed by atoms with Gasteiger partial charge < -0.3 is 19.3 Å². The number of fused-ring (bicyclic) bond motifs is 1. The Bertz CT molecular complexity index is 870. The van der Waals surface area contributed by atoms with Gasteiger partial charge in [0.05, 0.1) is 7.11 Å². The molecule has 3 rings (SSSR count). The van der Waals surface area contributed by atoms with E-state index >= 15 is 0 Å². The molecule has 0 aliphatic carbocycles. The summed E-state index contributed by atoms with van der Waals surface area (Å²) in [7, 11) is 1.55. The number of aromatic nitrogens is 1. The van der Waals surface area contributed by atoms with Crippen LogP contribution in [0.15, 0.2) is 24.4 Å². The molecule has 1 aliphatic heterocycles. The summed E-state index contributed by atoms with van der Waals surface area (Å²) in [6.45, 7) is 1.92. The van der Waals surface area contributed by atoms with Crippen molar-refractivity contribution in [3.05, 3.63) is 30.0 Å². The molecule has 0 spiro atoms. The van der Waals surface area contributed by atoms with Gasteiger partial charge in [-0.2, -0.15) is 0 Å². The van der Waals surface area contributed by atoms with Gasteiger partial charge in [-0.15, -0.1) is 0 Å². The Morgan fingerprint density at radius 2 is 2.04 bits per heavy atom. The molecule has 0 radical (unpaired) electrons. The number of amides is 1. The highest BCUT2D eigenvalue weighted by Gasteiger charge is 2.32. The maximum absolute atomic E-state index is 12.8. The standard InChI is InChI=1S/C19H22N2O5/c1-12(22)15-10-20(16-7-6-13(26-2)9-14(15)16)11-18(23)21-8-4-3-5-17(21)19(24)25/h6-7,9-10,17H,3-5,8,11H2,1-2H3,(H,24,25). The third kappa shape index (κ3) is 3.29. The SMILES string of the molecule is COc1ccc2c(c1)c(C(C)=O)cn2CC(=O)N1CCCCC1C(=O)O. The van der Waals surface area contributed by atoms with Crippen molar-refractivity contribution in [2.24, 2.45) is 0 Å². The van der Waals surface area contributed by atoms with Crippen molar-refractivity contribution in [1.82, 2.24) is 9.47 Å². The lowest BCUT2D eigenvalue weighted by molar-refractivity contribution is -0.152. The van der Waals surface area contributed by atoms with E-state index in [0.717, 1.165) is 23.7 Å². The second-order valence-electron chi connectivity index (χ2n) is 6.55. The first-order valence-electron chi connectivity index (χ1n) is 8.62. The molecule has 0 saturated carbocycles. The van der Waals surface area contributed by atoms with E-state index in [9.17, 15) is 19.5 Å². The van der Waals surface area contributed by atoms with Crippen molar-refractivity contribution in [2.45, 2.75) is 38.8 Å². The normalized spacial score (nSPS) is 17.3. The monoisotopic (exact) mass is 358 g/mol. The molecule has 1 aromatic heterocycles. The van der Waals surface area contributed by atoms with Gasteiger partial charge in [-0.05, 0) is 44.4 Å². The summed E-state index contributed by atoms with van der Waals surface area (Å²) in [5.41, 5.74) is 1.26. The maximum atomic E-state index is 12.8. The molecular weight excluding hydrogens is 336 g/mol. The van der Waals surface area contributed by atoms with Crippen LogP contribution in [0.2, 0.25) is 0 Å². The number of ketones is 1. The van der Waals surface area contributed by atoms with Gasteiger partial charge in [0.25, 0.3) is 0 Å². The molecule has 7 heteroatoms. The summed E-state index contributed by atoms with van der Waals surface area (Å²) in [4.78, 5) is 37.6. The minimum atomic E-state index is -0.968. The average Bonchev–Trinajstić information content (AvgIpc) is 2.99. The van der Waals surface area contributed by atoms with E-state index in [1.165, 1.54) is 11.8 Å². The molecule has 138 valence electrons. The average molecular weight is 358 g/mol. The lowest BCUT2D eigenvalue weighted by Crippen LogP contribution is -2.49. The van der Waals surface area contributed by atoms with E-state index in [0.29, 0.717) is 24.3 Å². The van der Waals surface area contributed by atoms with Gasteiger partial charge in [0.1, 0.15) is 18.3 Å². The van der Waals surface area contributed by atoms with E-state index in [1.54, 1.807) is 36.1 Å². The summed E-state index contributed by atoms with van der Waals surface area (Å²) >= 11 is 0. The van der Waals surface area contributed by atoms with Gasteiger partial charge in [-0.3, -0.25) is 9.59 Å². The molecule has 1 atom stereocenters. The molecule has 1 aromatic carbocycles. The van der Waals surface area contributed by atoms with E-state index in [2.05, 4.69) is 0 Å². The number of nitrogens with zero attached hydrogens (tertiary/aromatic N) is 2. The number of carbonyl (C=O) groups excluding carboxylic acids is 2. The number of hydrogen-bond acceptors (Lipinski definition) is 4. The number of piperidine rings is 1. The molecule has 2 heterocycles. The van der Waals surface area contributed by atoms with Crippen molar-refractivity contribution < 1.29 is 24.2 Å². The minimum Gasteiger partial charge on any atom is -0.497 e. The van der Waals surface area contributed by atoms with Crippen molar-refractivity contribution in [3.8, 4) is 5.75 Å². The molecule has 1 fully saturated rings. The van der Waals surface area contributed by atoms with Crippen LogP contribution >= 0.6 is 0 Å². The van der Waals surface area contributed by atoms with E-state index in [1.807, 2.05) is 0 Å². The van der Waals surface area contributed by atoms with Gasteiger partial charge in [0, 0.05) is 29.2 Å². The zero-order chi connectivity index (χ0) is 18.8. The molecule has 26 heavy (non-hydrogen) atoms. The fourth-order valence-corrected chi connectivity index (χ4v) is 3.54. The molecule has 1 aliphatic rings.